The molecule has 21 heavy (non-hydrogen) atoms. The smallest absolute Gasteiger partial charge is 0.242 e. The molecule has 0 aromatic heterocycles. The molecule has 0 bridgehead atoms. The number of rotatable bonds is 8. The van der Waals surface area contributed by atoms with Gasteiger partial charge in [0.1, 0.15) is 5.54 Å². The van der Waals surface area contributed by atoms with E-state index in [0.29, 0.717) is 12.5 Å². The van der Waals surface area contributed by atoms with Crippen LogP contribution in [0.4, 0.5) is 0 Å². The van der Waals surface area contributed by atoms with E-state index in [9.17, 15) is 4.79 Å². The van der Waals surface area contributed by atoms with Gasteiger partial charge in [0.2, 0.25) is 5.91 Å². The van der Waals surface area contributed by atoms with Crippen molar-refractivity contribution in [2.75, 3.05) is 13.6 Å². The van der Waals surface area contributed by atoms with Gasteiger partial charge < -0.3 is 10.6 Å². The zero-order chi connectivity index (χ0) is 16.0. The number of amides is 1. The van der Waals surface area contributed by atoms with E-state index in [2.05, 4.69) is 31.1 Å². The van der Waals surface area contributed by atoms with Crippen molar-refractivity contribution in [2.45, 2.75) is 51.7 Å². The maximum Gasteiger partial charge on any atom is 0.242 e. The summed E-state index contributed by atoms with van der Waals surface area (Å²) in [5.74, 6) is -0.320. The Morgan fingerprint density at radius 2 is 1.81 bits per heavy atom. The number of nitrogens with two attached hydrogens (primary N) is 1. The van der Waals surface area contributed by atoms with Gasteiger partial charge in [-0.25, -0.2) is 0 Å². The molecule has 4 nitrogen and oxygen atoms in total. The van der Waals surface area contributed by atoms with Crippen LogP contribution in [0.2, 0.25) is 0 Å². The predicted octanol–water partition coefficient (Wildman–Crippen LogP) is 2.10. The molecule has 0 aliphatic rings. The molecule has 118 valence electrons. The van der Waals surface area contributed by atoms with Crippen LogP contribution in [0.5, 0.6) is 0 Å². The Morgan fingerprint density at radius 1 is 1.24 bits per heavy atom. The lowest BCUT2D eigenvalue weighted by Crippen LogP contribution is -2.56. The summed E-state index contributed by atoms with van der Waals surface area (Å²) in [7, 11) is 2.07. The van der Waals surface area contributed by atoms with Crippen LogP contribution in [0, 0.1) is 0 Å². The van der Waals surface area contributed by atoms with Gasteiger partial charge in [-0.05, 0) is 46.7 Å². The zero-order valence-electron chi connectivity index (χ0n) is 13.9. The van der Waals surface area contributed by atoms with Gasteiger partial charge in [-0.3, -0.25) is 10.1 Å². The van der Waals surface area contributed by atoms with Gasteiger partial charge in [0, 0.05) is 18.6 Å². The number of primary amides is 1. The van der Waals surface area contributed by atoms with Crippen LogP contribution >= 0.6 is 0 Å². The fourth-order valence-electron chi connectivity index (χ4n) is 2.45. The molecule has 0 aliphatic heterocycles. The van der Waals surface area contributed by atoms with E-state index in [-0.39, 0.29) is 11.9 Å². The average molecular weight is 291 g/mol. The summed E-state index contributed by atoms with van der Waals surface area (Å²) < 4.78 is 0. The highest BCUT2D eigenvalue weighted by Crippen LogP contribution is 2.26. The molecule has 1 unspecified atom stereocenters. The van der Waals surface area contributed by atoms with E-state index in [0.717, 1.165) is 12.1 Å². The van der Waals surface area contributed by atoms with Crippen LogP contribution < -0.4 is 11.1 Å². The summed E-state index contributed by atoms with van der Waals surface area (Å²) in [6, 6.07) is 10.4. The van der Waals surface area contributed by atoms with Gasteiger partial charge in [0.25, 0.3) is 0 Å². The first-order chi connectivity index (χ1) is 9.79. The topological polar surface area (TPSA) is 58.4 Å². The number of benzene rings is 1. The molecular formula is C17H29N3O. The van der Waals surface area contributed by atoms with Crippen molar-refractivity contribution in [3.63, 3.8) is 0 Å². The molecule has 1 rings (SSSR count). The summed E-state index contributed by atoms with van der Waals surface area (Å²) in [6.45, 7) is 9.16. The van der Waals surface area contributed by atoms with Crippen molar-refractivity contribution in [3.05, 3.63) is 35.9 Å². The third-order valence-corrected chi connectivity index (χ3v) is 3.94. The predicted molar refractivity (Wildman–Crippen MR) is 88.0 cm³/mol. The van der Waals surface area contributed by atoms with Gasteiger partial charge >= 0.3 is 0 Å². The molecule has 0 heterocycles. The first kappa shape index (κ1) is 17.7. The molecule has 4 heteroatoms. The lowest BCUT2D eigenvalue weighted by molar-refractivity contribution is -0.125. The van der Waals surface area contributed by atoms with Crippen molar-refractivity contribution in [1.29, 1.82) is 0 Å². The number of hydrogen-bond donors (Lipinski definition) is 2. The molecule has 0 radical (unpaired) electrons. The standard InChI is InChI=1S/C17H29N3O/c1-13(2)19-17(16(18)21,11-12-20(5)14(3)4)15-9-7-6-8-10-15/h6-10,13-14,19H,11-12H2,1-5H3,(H2,18,21). The molecular weight excluding hydrogens is 262 g/mol. The van der Waals surface area contributed by atoms with Gasteiger partial charge in [0.15, 0.2) is 0 Å². The van der Waals surface area contributed by atoms with Crippen molar-refractivity contribution >= 4 is 5.91 Å². The number of carbonyl (C=O) groups excluding carboxylic acids is 1. The van der Waals surface area contributed by atoms with Crippen LogP contribution in [-0.4, -0.2) is 36.5 Å². The molecule has 1 amide bonds. The van der Waals surface area contributed by atoms with Crippen LogP contribution in [0.25, 0.3) is 0 Å². The van der Waals surface area contributed by atoms with Crippen molar-refractivity contribution in [2.24, 2.45) is 5.73 Å². The maximum absolute atomic E-state index is 12.3. The minimum Gasteiger partial charge on any atom is -0.368 e. The Bertz CT molecular complexity index is 445. The maximum atomic E-state index is 12.3. The van der Waals surface area contributed by atoms with Gasteiger partial charge in [-0.15, -0.1) is 0 Å². The van der Waals surface area contributed by atoms with E-state index in [1.54, 1.807) is 0 Å². The second-order valence-electron chi connectivity index (χ2n) is 6.26. The normalized spacial score (nSPS) is 14.7. The second kappa shape index (κ2) is 7.57. The highest BCUT2D eigenvalue weighted by Gasteiger charge is 2.38. The second-order valence-corrected chi connectivity index (χ2v) is 6.26. The Morgan fingerprint density at radius 3 is 2.24 bits per heavy atom. The molecule has 0 saturated heterocycles. The number of nitrogens with one attached hydrogen (secondary N) is 1. The summed E-state index contributed by atoms with van der Waals surface area (Å²) in [4.78, 5) is 14.5. The van der Waals surface area contributed by atoms with Gasteiger partial charge in [0.05, 0.1) is 0 Å². The highest BCUT2D eigenvalue weighted by molar-refractivity contribution is 5.86. The fraction of sp³-hybridized carbons (Fsp3) is 0.588. The Kier molecular flexibility index (Phi) is 6.37. The average Bonchev–Trinajstić information content (AvgIpc) is 2.43. The van der Waals surface area contributed by atoms with E-state index in [1.165, 1.54) is 0 Å². The number of hydrogen-bond acceptors (Lipinski definition) is 3. The third kappa shape index (κ3) is 4.55. The van der Waals surface area contributed by atoms with Crippen LogP contribution in [0.15, 0.2) is 30.3 Å². The van der Waals surface area contributed by atoms with Crippen molar-refractivity contribution < 1.29 is 4.79 Å². The Labute approximate surface area is 128 Å². The van der Waals surface area contributed by atoms with E-state index in [4.69, 9.17) is 5.73 Å². The lowest BCUT2D eigenvalue weighted by Gasteiger charge is -2.36. The quantitative estimate of drug-likeness (QED) is 0.771. The van der Waals surface area contributed by atoms with Gasteiger partial charge in [-0.1, -0.05) is 30.3 Å². The Hall–Kier alpha value is -1.39. The number of nitrogens with zero attached hydrogens (tertiary/aromatic N) is 1. The summed E-state index contributed by atoms with van der Waals surface area (Å²) in [6.07, 6.45) is 0.652. The molecule has 1 atom stereocenters. The first-order valence-corrected chi connectivity index (χ1v) is 7.63. The van der Waals surface area contributed by atoms with Crippen LogP contribution in [0.1, 0.15) is 39.7 Å². The minimum absolute atomic E-state index is 0.169. The van der Waals surface area contributed by atoms with Crippen molar-refractivity contribution in [1.82, 2.24) is 10.2 Å². The first-order valence-electron chi connectivity index (χ1n) is 7.63. The van der Waals surface area contributed by atoms with Crippen LogP contribution in [0.3, 0.4) is 0 Å². The van der Waals surface area contributed by atoms with E-state index < -0.39 is 5.54 Å². The SMILES string of the molecule is CC(C)NC(CCN(C)C(C)C)(C(N)=O)c1ccccc1. The molecule has 0 spiro atoms. The summed E-state index contributed by atoms with van der Waals surface area (Å²) in [5.41, 5.74) is 5.91. The molecule has 1 aromatic carbocycles. The zero-order valence-corrected chi connectivity index (χ0v) is 13.9. The van der Waals surface area contributed by atoms with Crippen molar-refractivity contribution in [3.8, 4) is 0 Å². The lowest BCUT2D eigenvalue weighted by atomic mass is 9.84. The number of carbonyl (C=O) groups is 1. The summed E-state index contributed by atoms with van der Waals surface area (Å²) in [5, 5.41) is 3.40. The monoisotopic (exact) mass is 291 g/mol. The van der Waals surface area contributed by atoms with Crippen LogP contribution in [-0.2, 0) is 10.3 Å². The third-order valence-electron chi connectivity index (χ3n) is 3.94. The molecule has 0 fully saturated rings. The highest BCUT2D eigenvalue weighted by atomic mass is 16.1. The van der Waals surface area contributed by atoms with E-state index >= 15 is 0 Å². The molecule has 1 aromatic rings. The molecule has 0 saturated carbocycles. The summed E-state index contributed by atoms with van der Waals surface area (Å²) >= 11 is 0. The largest absolute Gasteiger partial charge is 0.368 e. The van der Waals surface area contributed by atoms with E-state index in [1.807, 2.05) is 44.2 Å². The van der Waals surface area contributed by atoms with Gasteiger partial charge in [-0.2, -0.15) is 0 Å². The molecule has 0 aliphatic carbocycles. The fourth-order valence-corrected chi connectivity index (χ4v) is 2.45. The molecule has 3 N–H and O–H groups in total. The Balaban J connectivity index is 3.11. The minimum atomic E-state index is -0.821.